The van der Waals surface area contributed by atoms with Gasteiger partial charge >= 0.3 is 0 Å². The lowest BCUT2D eigenvalue weighted by Crippen LogP contribution is -2.39. The molecule has 0 unspecified atom stereocenters. The second-order valence-electron chi connectivity index (χ2n) is 9.45. The Balaban J connectivity index is 1.16. The molecule has 7 nitrogen and oxygen atoms in total. The summed E-state index contributed by atoms with van der Waals surface area (Å²) in [6.45, 7) is 2.35. The van der Waals surface area contributed by atoms with E-state index in [9.17, 15) is 10.2 Å². The highest BCUT2D eigenvalue weighted by Crippen LogP contribution is 2.37. The summed E-state index contributed by atoms with van der Waals surface area (Å²) in [6.07, 6.45) is 12.1. The van der Waals surface area contributed by atoms with Crippen LogP contribution < -0.4 is 5.32 Å². The normalized spacial score (nSPS) is 19.3. The van der Waals surface area contributed by atoms with Crippen molar-refractivity contribution in [3.63, 3.8) is 0 Å². The Morgan fingerprint density at radius 3 is 2.44 bits per heavy atom. The van der Waals surface area contributed by atoms with Gasteiger partial charge in [-0.25, -0.2) is 9.97 Å². The molecule has 2 atom stereocenters. The van der Waals surface area contributed by atoms with Gasteiger partial charge in [-0.05, 0) is 47.9 Å². The molecule has 3 N–H and O–H groups in total. The maximum atomic E-state index is 9.90. The molecular weight excluding hydrogens is 452 g/mol. The zero-order chi connectivity index (χ0) is 24.9. The van der Waals surface area contributed by atoms with Crippen molar-refractivity contribution < 1.29 is 14.6 Å². The first-order valence-corrected chi connectivity index (χ1v) is 12.4. The fourth-order valence-corrected chi connectivity index (χ4v) is 4.76. The first kappa shape index (κ1) is 24.2. The van der Waals surface area contributed by atoms with E-state index in [1.807, 2.05) is 12.2 Å². The fourth-order valence-electron chi connectivity index (χ4n) is 4.76. The maximum Gasteiger partial charge on any atom is 0.180 e. The van der Waals surface area contributed by atoms with E-state index in [0.717, 1.165) is 30.6 Å². The molecule has 0 radical (unpaired) electrons. The molecule has 2 aromatic carbocycles. The standard InChI is InChI=1S/C29H32N4O3/c1-20(35)29-30-12-13-33(29)28(17-34)11-4-21-2-5-22(6-3-21)23-7-9-24(10-8-23)25-14-26(15-25)31-16-27-18-36-19-32-27/h2-13,18-20,25-26,28,31,34-35H,14-17H2,1H3/b11-4+/t20-,25?,26?,28-/m0/s1. The van der Waals surface area contributed by atoms with Crippen LogP contribution in [0, 0.1) is 0 Å². The zero-order valence-electron chi connectivity index (χ0n) is 20.4. The van der Waals surface area contributed by atoms with E-state index in [0.29, 0.717) is 17.8 Å². The van der Waals surface area contributed by atoms with Gasteiger partial charge in [-0.1, -0.05) is 60.7 Å². The van der Waals surface area contributed by atoms with E-state index in [4.69, 9.17) is 4.42 Å². The Kier molecular flexibility index (Phi) is 7.41. The van der Waals surface area contributed by atoms with Gasteiger partial charge in [0.25, 0.3) is 0 Å². The predicted molar refractivity (Wildman–Crippen MR) is 139 cm³/mol. The highest BCUT2D eigenvalue weighted by molar-refractivity contribution is 5.66. The summed E-state index contributed by atoms with van der Waals surface area (Å²) in [6, 6.07) is 17.5. The summed E-state index contributed by atoms with van der Waals surface area (Å²) in [4.78, 5) is 8.35. The molecule has 7 heteroatoms. The van der Waals surface area contributed by atoms with Crippen molar-refractivity contribution in [2.75, 3.05) is 6.61 Å². The summed E-state index contributed by atoms with van der Waals surface area (Å²) in [5.41, 5.74) is 5.75. The van der Waals surface area contributed by atoms with Crippen LogP contribution in [-0.2, 0) is 6.54 Å². The number of hydrogen-bond acceptors (Lipinski definition) is 6. The van der Waals surface area contributed by atoms with Crippen LogP contribution in [0.4, 0.5) is 0 Å². The Labute approximate surface area is 211 Å². The molecule has 5 rings (SSSR count). The van der Waals surface area contributed by atoms with Gasteiger partial charge in [-0.15, -0.1) is 0 Å². The number of aliphatic hydroxyl groups is 2. The van der Waals surface area contributed by atoms with Crippen LogP contribution in [0.2, 0.25) is 0 Å². The number of nitrogens with one attached hydrogen (secondary N) is 1. The van der Waals surface area contributed by atoms with Crippen LogP contribution in [-0.4, -0.2) is 37.4 Å². The van der Waals surface area contributed by atoms with Gasteiger partial charge in [0.1, 0.15) is 18.2 Å². The minimum Gasteiger partial charge on any atom is -0.451 e. The third-order valence-corrected chi connectivity index (χ3v) is 6.95. The lowest BCUT2D eigenvalue weighted by Gasteiger charge is -2.36. The second-order valence-corrected chi connectivity index (χ2v) is 9.45. The number of rotatable bonds is 10. The molecule has 36 heavy (non-hydrogen) atoms. The molecule has 0 aliphatic heterocycles. The topological polar surface area (TPSA) is 96.3 Å². The summed E-state index contributed by atoms with van der Waals surface area (Å²) in [5.74, 6) is 1.14. The number of aliphatic hydroxyl groups excluding tert-OH is 2. The fraction of sp³-hybridized carbons (Fsp3) is 0.310. The van der Waals surface area contributed by atoms with E-state index >= 15 is 0 Å². The van der Waals surface area contributed by atoms with Crippen LogP contribution in [0.15, 0.2) is 84.1 Å². The number of nitrogens with zero attached hydrogens (tertiary/aromatic N) is 3. The highest BCUT2D eigenvalue weighted by atomic mass is 16.3. The van der Waals surface area contributed by atoms with E-state index in [1.165, 1.54) is 23.1 Å². The first-order chi connectivity index (χ1) is 17.6. The summed E-state index contributed by atoms with van der Waals surface area (Å²) >= 11 is 0. The van der Waals surface area contributed by atoms with Gasteiger partial charge in [0, 0.05) is 25.0 Å². The molecule has 1 aliphatic rings. The molecule has 0 saturated heterocycles. The Bertz CT molecular complexity index is 1250. The van der Waals surface area contributed by atoms with Crippen LogP contribution in [0.1, 0.15) is 60.5 Å². The smallest absolute Gasteiger partial charge is 0.180 e. The average Bonchev–Trinajstić information content (AvgIpc) is 3.57. The molecule has 1 fully saturated rings. The van der Waals surface area contributed by atoms with Crippen molar-refractivity contribution in [1.82, 2.24) is 19.9 Å². The Hall–Kier alpha value is -3.52. The van der Waals surface area contributed by atoms with Crippen molar-refractivity contribution in [2.45, 2.75) is 50.4 Å². The minimum atomic E-state index is -0.694. The van der Waals surface area contributed by atoms with Crippen LogP contribution >= 0.6 is 0 Å². The zero-order valence-corrected chi connectivity index (χ0v) is 20.4. The third kappa shape index (κ3) is 5.49. The maximum absolute atomic E-state index is 9.90. The van der Waals surface area contributed by atoms with Gasteiger partial charge < -0.3 is 24.5 Å². The first-order valence-electron chi connectivity index (χ1n) is 12.4. The van der Waals surface area contributed by atoms with Crippen molar-refractivity contribution in [3.8, 4) is 11.1 Å². The molecule has 2 heterocycles. The van der Waals surface area contributed by atoms with E-state index in [-0.39, 0.29) is 12.6 Å². The quantitative estimate of drug-likeness (QED) is 0.297. The minimum absolute atomic E-state index is 0.0730. The third-order valence-electron chi connectivity index (χ3n) is 6.95. The van der Waals surface area contributed by atoms with Crippen molar-refractivity contribution >= 4 is 6.08 Å². The number of oxazole rings is 1. The SMILES string of the molecule is C[C@H](O)c1nccn1[C@@H](/C=C/c1ccc(-c2ccc(C3CC(NCc4cocn4)C3)cc2)cc1)CO. The van der Waals surface area contributed by atoms with E-state index in [2.05, 4.69) is 63.8 Å². The number of benzene rings is 2. The molecule has 2 aromatic heterocycles. The molecule has 186 valence electrons. The molecule has 0 bridgehead atoms. The molecule has 1 saturated carbocycles. The van der Waals surface area contributed by atoms with Crippen molar-refractivity contribution in [1.29, 1.82) is 0 Å². The van der Waals surface area contributed by atoms with Crippen molar-refractivity contribution in [2.24, 2.45) is 0 Å². The summed E-state index contributed by atoms with van der Waals surface area (Å²) in [5, 5.41) is 23.3. The van der Waals surface area contributed by atoms with Gasteiger partial charge in [0.05, 0.1) is 18.3 Å². The van der Waals surface area contributed by atoms with Crippen LogP contribution in [0.5, 0.6) is 0 Å². The second kappa shape index (κ2) is 11.0. The van der Waals surface area contributed by atoms with Gasteiger partial charge in [0.2, 0.25) is 0 Å². The molecule has 4 aromatic rings. The lowest BCUT2D eigenvalue weighted by molar-refractivity contribution is 0.175. The predicted octanol–water partition coefficient (Wildman–Crippen LogP) is 4.87. The monoisotopic (exact) mass is 484 g/mol. The molecular formula is C29H32N4O3. The number of aromatic nitrogens is 3. The average molecular weight is 485 g/mol. The van der Waals surface area contributed by atoms with E-state index < -0.39 is 6.10 Å². The Morgan fingerprint density at radius 2 is 1.81 bits per heavy atom. The van der Waals surface area contributed by atoms with Crippen LogP contribution in [0.3, 0.4) is 0 Å². The van der Waals surface area contributed by atoms with Gasteiger partial charge in [0.15, 0.2) is 6.39 Å². The van der Waals surface area contributed by atoms with Crippen molar-refractivity contribution in [3.05, 3.63) is 102 Å². The lowest BCUT2D eigenvalue weighted by atomic mass is 9.75. The number of imidazole rings is 1. The summed E-state index contributed by atoms with van der Waals surface area (Å²) < 4.78 is 6.82. The molecule has 1 aliphatic carbocycles. The molecule has 0 spiro atoms. The van der Waals surface area contributed by atoms with E-state index in [1.54, 1.807) is 30.1 Å². The van der Waals surface area contributed by atoms with Gasteiger partial charge in [-0.2, -0.15) is 0 Å². The van der Waals surface area contributed by atoms with Crippen LogP contribution in [0.25, 0.3) is 17.2 Å². The Morgan fingerprint density at radius 1 is 1.08 bits per heavy atom. The molecule has 0 amide bonds. The summed E-state index contributed by atoms with van der Waals surface area (Å²) in [7, 11) is 0. The largest absolute Gasteiger partial charge is 0.451 e. The highest BCUT2D eigenvalue weighted by Gasteiger charge is 2.29. The number of hydrogen-bond donors (Lipinski definition) is 3. The van der Waals surface area contributed by atoms with Gasteiger partial charge in [-0.3, -0.25) is 0 Å².